The van der Waals surface area contributed by atoms with E-state index < -0.39 is 9.85 Å². The zero-order valence-electron chi connectivity index (χ0n) is 10.1. The van der Waals surface area contributed by atoms with Gasteiger partial charge in [0, 0.05) is 24.3 Å². The summed E-state index contributed by atoms with van der Waals surface area (Å²) >= 11 is 0. The molecule has 3 aromatic carbocycles. The molecular formula is C14H8N2O4. The van der Waals surface area contributed by atoms with Crippen LogP contribution in [0.4, 0.5) is 11.4 Å². The zero-order valence-corrected chi connectivity index (χ0v) is 10.1. The fourth-order valence-corrected chi connectivity index (χ4v) is 2.20. The molecular weight excluding hydrogens is 260 g/mol. The molecule has 0 aliphatic rings. The van der Waals surface area contributed by atoms with Crippen molar-refractivity contribution >= 4 is 32.9 Å². The van der Waals surface area contributed by atoms with Gasteiger partial charge in [-0.2, -0.15) is 0 Å². The Morgan fingerprint density at radius 2 is 1.00 bits per heavy atom. The van der Waals surface area contributed by atoms with Crippen molar-refractivity contribution in [3.05, 3.63) is 68.8 Å². The van der Waals surface area contributed by atoms with Crippen molar-refractivity contribution in [3.63, 3.8) is 0 Å². The normalized spacial score (nSPS) is 10.8. The Hall–Kier alpha value is -3.02. The highest BCUT2D eigenvalue weighted by Gasteiger charge is 2.09. The molecule has 0 saturated carbocycles. The lowest BCUT2D eigenvalue weighted by atomic mass is 10.0. The third-order valence-electron chi connectivity index (χ3n) is 3.18. The fraction of sp³-hybridized carbons (Fsp3) is 0. The van der Waals surface area contributed by atoms with E-state index in [4.69, 9.17) is 0 Å². The van der Waals surface area contributed by atoms with Crippen molar-refractivity contribution in [1.82, 2.24) is 0 Å². The van der Waals surface area contributed by atoms with Gasteiger partial charge in [-0.3, -0.25) is 20.2 Å². The Labute approximate surface area is 112 Å². The van der Waals surface area contributed by atoms with Gasteiger partial charge in [0.2, 0.25) is 0 Å². The molecule has 0 amide bonds. The Balaban J connectivity index is 2.29. The highest BCUT2D eigenvalue weighted by atomic mass is 16.6. The van der Waals surface area contributed by atoms with Crippen LogP contribution in [-0.4, -0.2) is 9.85 Å². The Kier molecular flexibility index (Phi) is 2.57. The van der Waals surface area contributed by atoms with Crippen LogP contribution in [0.1, 0.15) is 0 Å². The van der Waals surface area contributed by atoms with Crippen molar-refractivity contribution in [2.24, 2.45) is 0 Å². The van der Waals surface area contributed by atoms with Gasteiger partial charge in [0.05, 0.1) is 9.85 Å². The molecule has 0 heterocycles. The first-order chi connectivity index (χ1) is 9.54. The Bertz CT molecular complexity index is 805. The van der Waals surface area contributed by atoms with E-state index in [-0.39, 0.29) is 11.4 Å². The molecule has 0 aliphatic heterocycles. The second-order valence-corrected chi connectivity index (χ2v) is 4.43. The van der Waals surface area contributed by atoms with Gasteiger partial charge in [-0.1, -0.05) is 0 Å². The van der Waals surface area contributed by atoms with E-state index in [0.29, 0.717) is 10.8 Å². The first-order valence-electron chi connectivity index (χ1n) is 5.81. The van der Waals surface area contributed by atoms with Crippen molar-refractivity contribution in [1.29, 1.82) is 0 Å². The van der Waals surface area contributed by atoms with Crippen molar-refractivity contribution < 1.29 is 9.85 Å². The molecule has 98 valence electrons. The van der Waals surface area contributed by atoms with Crippen LogP contribution in [0.2, 0.25) is 0 Å². The Morgan fingerprint density at radius 1 is 0.600 bits per heavy atom. The zero-order chi connectivity index (χ0) is 14.3. The van der Waals surface area contributed by atoms with Gasteiger partial charge < -0.3 is 0 Å². The van der Waals surface area contributed by atoms with Gasteiger partial charge in [-0.05, 0) is 45.8 Å². The number of nitrogens with zero attached hydrogens (tertiary/aromatic N) is 2. The van der Waals surface area contributed by atoms with Crippen LogP contribution in [0, 0.1) is 20.2 Å². The number of hydrogen-bond donors (Lipinski definition) is 0. The van der Waals surface area contributed by atoms with E-state index in [1.165, 1.54) is 24.3 Å². The molecule has 0 saturated heterocycles. The third kappa shape index (κ3) is 1.93. The van der Waals surface area contributed by atoms with E-state index >= 15 is 0 Å². The van der Waals surface area contributed by atoms with E-state index in [9.17, 15) is 20.2 Å². The summed E-state index contributed by atoms with van der Waals surface area (Å²) in [5.41, 5.74) is 0.00422. The van der Waals surface area contributed by atoms with Gasteiger partial charge in [0.15, 0.2) is 0 Å². The van der Waals surface area contributed by atoms with Crippen molar-refractivity contribution in [3.8, 4) is 0 Å². The predicted octanol–water partition coefficient (Wildman–Crippen LogP) is 3.81. The van der Waals surface area contributed by atoms with Crippen LogP contribution >= 0.6 is 0 Å². The molecule has 3 rings (SSSR count). The SMILES string of the molecule is O=[N+]([O-])c1ccc2cc3ccc([N+](=O)[O-])cc3cc2c1. The van der Waals surface area contributed by atoms with Crippen LogP contribution in [0.5, 0.6) is 0 Å². The first kappa shape index (κ1) is 12.0. The lowest BCUT2D eigenvalue weighted by molar-refractivity contribution is -0.384. The summed E-state index contributed by atoms with van der Waals surface area (Å²) in [5, 5.41) is 24.6. The Morgan fingerprint density at radius 3 is 1.40 bits per heavy atom. The molecule has 3 aromatic rings. The van der Waals surface area contributed by atoms with Gasteiger partial charge in [-0.25, -0.2) is 0 Å². The minimum Gasteiger partial charge on any atom is -0.258 e. The van der Waals surface area contributed by atoms with Crippen LogP contribution in [0.3, 0.4) is 0 Å². The summed E-state index contributed by atoms with van der Waals surface area (Å²) in [6.45, 7) is 0. The van der Waals surface area contributed by atoms with Crippen LogP contribution in [0.25, 0.3) is 21.5 Å². The number of non-ortho nitro benzene ring substituents is 2. The molecule has 0 fully saturated rings. The lowest BCUT2D eigenvalue weighted by Crippen LogP contribution is -1.89. The maximum absolute atomic E-state index is 10.8. The summed E-state index contributed by atoms with van der Waals surface area (Å²) in [7, 11) is 0. The minimum absolute atomic E-state index is 0.00211. The molecule has 20 heavy (non-hydrogen) atoms. The molecule has 0 aromatic heterocycles. The molecule has 0 aliphatic carbocycles. The first-order valence-corrected chi connectivity index (χ1v) is 5.81. The largest absolute Gasteiger partial charge is 0.270 e. The number of rotatable bonds is 2. The molecule has 6 heteroatoms. The maximum atomic E-state index is 10.8. The second-order valence-electron chi connectivity index (χ2n) is 4.43. The molecule has 0 bridgehead atoms. The average Bonchev–Trinajstić information content (AvgIpc) is 2.43. The second kappa shape index (κ2) is 4.27. The average molecular weight is 268 g/mol. The third-order valence-corrected chi connectivity index (χ3v) is 3.18. The standard InChI is InChI=1S/C14H8N2O4/c17-15(18)13-3-1-9-5-10-2-4-14(16(19)20)8-12(10)6-11(9)7-13/h1-8H. The monoisotopic (exact) mass is 268 g/mol. The topological polar surface area (TPSA) is 86.3 Å². The summed E-state index contributed by atoms with van der Waals surface area (Å²) < 4.78 is 0. The van der Waals surface area contributed by atoms with E-state index in [2.05, 4.69) is 0 Å². The van der Waals surface area contributed by atoms with Gasteiger partial charge in [0.25, 0.3) is 11.4 Å². The molecule has 0 radical (unpaired) electrons. The number of nitro groups is 2. The molecule has 0 N–H and O–H groups in total. The molecule has 6 nitrogen and oxygen atoms in total. The van der Waals surface area contributed by atoms with Crippen LogP contribution in [-0.2, 0) is 0 Å². The summed E-state index contributed by atoms with van der Waals surface area (Å²) in [4.78, 5) is 20.6. The van der Waals surface area contributed by atoms with Crippen molar-refractivity contribution in [2.75, 3.05) is 0 Å². The van der Waals surface area contributed by atoms with Gasteiger partial charge >= 0.3 is 0 Å². The summed E-state index contributed by atoms with van der Waals surface area (Å²) in [6.07, 6.45) is 0. The lowest BCUT2D eigenvalue weighted by Gasteiger charge is -2.02. The minimum atomic E-state index is -0.461. The van der Waals surface area contributed by atoms with E-state index in [1.54, 1.807) is 18.2 Å². The smallest absolute Gasteiger partial charge is 0.258 e. The fourth-order valence-electron chi connectivity index (χ4n) is 2.20. The number of fused-ring (bicyclic) bond motifs is 2. The maximum Gasteiger partial charge on any atom is 0.270 e. The highest BCUT2D eigenvalue weighted by molar-refractivity contribution is 5.99. The number of hydrogen-bond acceptors (Lipinski definition) is 4. The van der Waals surface area contributed by atoms with E-state index in [1.807, 2.05) is 6.07 Å². The molecule has 0 atom stereocenters. The van der Waals surface area contributed by atoms with Crippen LogP contribution < -0.4 is 0 Å². The quantitative estimate of drug-likeness (QED) is 0.401. The van der Waals surface area contributed by atoms with Gasteiger partial charge in [0.1, 0.15) is 0 Å². The molecule has 0 spiro atoms. The molecule has 0 unspecified atom stereocenters. The number of nitro benzene ring substituents is 2. The highest BCUT2D eigenvalue weighted by Crippen LogP contribution is 2.28. The summed E-state index contributed by atoms with van der Waals surface area (Å²) in [5.74, 6) is 0. The summed E-state index contributed by atoms with van der Waals surface area (Å²) in [6, 6.07) is 12.8. The van der Waals surface area contributed by atoms with Gasteiger partial charge in [-0.15, -0.1) is 0 Å². The van der Waals surface area contributed by atoms with Crippen molar-refractivity contribution in [2.45, 2.75) is 0 Å². The predicted molar refractivity (Wildman–Crippen MR) is 74.8 cm³/mol. The van der Waals surface area contributed by atoms with E-state index in [0.717, 1.165) is 10.8 Å². The van der Waals surface area contributed by atoms with Crippen LogP contribution in [0.15, 0.2) is 48.5 Å². The number of benzene rings is 3.